The maximum Gasteiger partial charge on any atom is 0.145 e. The number of nitrogens with zero attached hydrogens (tertiary/aromatic N) is 3. The minimum absolute atomic E-state index is 0.532. The molecule has 0 unspecified atom stereocenters. The number of benzene rings is 2. The third kappa shape index (κ3) is 5.62. The summed E-state index contributed by atoms with van der Waals surface area (Å²) in [6, 6.07) is 18.5. The molecule has 31 heavy (non-hydrogen) atoms. The Hall–Kier alpha value is -2.47. The summed E-state index contributed by atoms with van der Waals surface area (Å²) in [5.74, 6) is 0.743. The fourth-order valence-corrected chi connectivity index (χ4v) is 4.47. The highest BCUT2D eigenvalue weighted by Crippen LogP contribution is 2.29. The van der Waals surface area contributed by atoms with Gasteiger partial charge in [0.25, 0.3) is 0 Å². The lowest BCUT2D eigenvalue weighted by Gasteiger charge is -2.35. The number of aromatic nitrogens is 1. The van der Waals surface area contributed by atoms with Gasteiger partial charge in [0.05, 0.1) is 13.2 Å². The number of aliphatic hydroxyl groups is 1. The van der Waals surface area contributed by atoms with Crippen LogP contribution in [0.25, 0.3) is 10.9 Å². The molecule has 0 aliphatic carbocycles. The van der Waals surface area contributed by atoms with Gasteiger partial charge in [0, 0.05) is 44.3 Å². The maximum atomic E-state index is 11.0. The highest BCUT2D eigenvalue weighted by molar-refractivity contribution is 5.87. The normalized spacial score (nSPS) is 16.5. The first kappa shape index (κ1) is 21.8. The Bertz CT molecular complexity index is 955. The lowest BCUT2D eigenvalue weighted by atomic mass is 10.0. The molecule has 1 N–H and O–H groups in total. The molecule has 3 aromatic rings. The Kier molecular flexibility index (Phi) is 7.52. The standard InChI is InChI=1S/C26H33N3O2/c1-31-25-12-7-11-23-22(13-14-27-26(23)25)24(30)20-29-18-16-28(17-19-29)15-6-5-10-21-8-3-2-4-9-21/h2-4,7-9,11-14,24,30H,5-6,10,15-20H2,1H3/t24-/m0/s1. The van der Waals surface area contributed by atoms with Crippen molar-refractivity contribution in [3.63, 3.8) is 0 Å². The number of rotatable bonds is 9. The van der Waals surface area contributed by atoms with Gasteiger partial charge < -0.3 is 14.7 Å². The Morgan fingerprint density at radius 2 is 1.71 bits per heavy atom. The minimum Gasteiger partial charge on any atom is -0.494 e. The zero-order valence-corrected chi connectivity index (χ0v) is 18.4. The first-order valence-electron chi connectivity index (χ1n) is 11.3. The van der Waals surface area contributed by atoms with E-state index in [2.05, 4.69) is 45.1 Å². The van der Waals surface area contributed by atoms with E-state index in [0.717, 1.165) is 61.4 Å². The second kappa shape index (κ2) is 10.7. The lowest BCUT2D eigenvalue weighted by molar-refractivity contribution is 0.0726. The van der Waals surface area contributed by atoms with E-state index in [4.69, 9.17) is 4.74 Å². The molecule has 1 aliphatic heterocycles. The van der Waals surface area contributed by atoms with Crippen LogP contribution in [-0.4, -0.2) is 66.3 Å². The van der Waals surface area contributed by atoms with Crippen molar-refractivity contribution >= 4 is 10.9 Å². The molecule has 1 aliphatic rings. The average Bonchev–Trinajstić information content (AvgIpc) is 2.82. The van der Waals surface area contributed by atoms with Gasteiger partial charge in [-0.25, -0.2) is 0 Å². The molecule has 0 saturated carbocycles. The summed E-state index contributed by atoms with van der Waals surface area (Å²) in [7, 11) is 1.65. The van der Waals surface area contributed by atoms with Crippen LogP contribution in [-0.2, 0) is 6.42 Å². The summed E-state index contributed by atoms with van der Waals surface area (Å²) >= 11 is 0. The number of hydrogen-bond acceptors (Lipinski definition) is 5. The Morgan fingerprint density at radius 3 is 2.48 bits per heavy atom. The van der Waals surface area contributed by atoms with Gasteiger partial charge in [-0.1, -0.05) is 42.5 Å². The molecule has 5 heteroatoms. The van der Waals surface area contributed by atoms with Crippen LogP contribution < -0.4 is 4.74 Å². The van der Waals surface area contributed by atoms with E-state index >= 15 is 0 Å². The van der Waals surface area contributed by atoms with E-state index in [9.17, 15) is 5.11 Å². The quantitative estimate of drug-likeness (QED) is 0.533. The third-order valence-electron chi connectivity index (χ3n) is 6.28. The second-order valence-electron chi connectivity index (χ2n) is 8.36. The molecule has 0 bridgehead atoms. The molecule has 2 aromatic carbocycles. The number of β-amino-alcohol motifs (C(OH)–C–C–N with tert-alkyl or cyclic N) is 1. The molecular weight excluding hydrogens is 386 g/mol. The van der Waals surface area contributed by atoms with Gasteiger partial charge in [-0.15, -0.1) is 0 Å². The molecule has 1 aromatic heterocycles. The Morgan fingerprint density at radius 1 is 0.935 bits per heavy atom. The Balaban J connectivity index is 1.24. The van der Waals surface area contributed by atoms with Gasteiger partial charge >= 0.3 is 0 Å². The largest absolute Gasteiger partial charge is 0.494 e. The number of piperazine rings is 1. The molecule has 0 amide bonds. The van der Waals surface area contributed by atoms with Gasteiger partial charge in [0.15, 0.2) is 0 Å². The highest BCUT2D eigenvalue weighted by atomic mass is 16.5. The van der Waals surface area contributed by atoms with Crippen LogP contribution >= 0.6 is 0 Å². The molecular formula is C26H33N3O2. The summed E-state index contributed by atoms with van der Waals surface area (Å²) in [5, 5.41) is 11.9. The number of aryl methyl sites for hydroxylation is 1. The zero-order valence-electron chi connectivity index (χ0n) is 18.4. The van der Waals surface area contributed by atoms with Gasteiger partial charge in [-0.3, -0.25) is 9.88 Å². The van der Waals surface area contributed by atoms with Crippen molar-refractivity contribution in [1.29, 1.82) is 0 Å². The van der Waals surface area contributed by atoms with E-state index in [1.54, 1.807) is 13.3 Å². The molecule has 1 atom stereocenters. The smallest absolute Gasteiger partial charge is 0.145 e. The van der Waals surface area contributed by atoms with Crippen LogP contribution in [0, 0.1) is 0 Å². The average molecular weight is 420 g/mol. The summed E-state index contributed by atoms with van der Waals surface area (Å²) in [6.45, 7) is 5.96. The third-order valence-corrected chi connectivity index (χ3v) is 6.28. The van der Waals surface area contributed by atoms with Crippen molar-refractivity contribution in [2.45, 2.75) is 25.4 Å². The van der Waals surface area contributed by atoms with E-state index in [1.165, 1.54) is 18.4 Å². The monoisotopic (exact) mass is 419 g/mol. The van der Waals surface area contributed by atoms with Crippen LogP contribution in [0.1, 0.15) is 30.1 Å². The van der Waals surface area contributed by atoms with E-state index < -0.39 is 6.10 Å². The van der Waals surface area contributed by atoms with E-state index in [0.29, 0.717) is 6.54 Å². The predicted octanol–water partition coefficient (Wildman–Crippen LogP) is 3.92. The zero-order chi connectivity index (χ0) is 21.5. The fourth-order valence-electron chi connectivity index (χ4n) is 4.47. The summed E-state index contributed by atoms with van der Waals surface area (Å²) in [4.78, 5) is 9.38. The van der Waals surface area contributed by atoms with Gasteiger partial charge in [0.2, 0.25) is 0 Å². The number of para-hydroxylation sites is 1. The van der Waals surface area contributed by atoms with Crippen molar-refractivity contribution in [2.75, 3.05) is 46.4 Å². The van der Waals surface area contributed by atoms with Crippen LogP contribution in [0.2, 0.25) is 0 Å². The number of fused-ring (bicyclic) bond motifs is 1. The topological polar surface area (TPSA) is 48.8 Å². The number of methoxy groups -OCH3 is 1. The van der Waals surface area contributed by atoms with Crippen molar-refractivity contribution < 1.29 is 9.84 Å². The van der Waals surface area contributed by atoms with Crippen molar-refractivity contribution in [2.24, 2.45) is 0 Å². The Labute approximate surface area is 185 Å². The first-order chi connectivity index (χ1) is 15.2. The molecule has 2 heterocycles. The number of pyridine rings is 1. The summed E-state index contributed by atoms with van der Waals surface area (Å²) in [5.41, 5.74) is 3.16. The van der Waals surface area contributed by atoms with Gasteiger partial charge in [0.1, 0.15) is 11.3 Å². The van der Waals surface area contributed by atoms with Crippen LogP contribution in [0.3, 0.4) is 0 Å². The molecule has 4 rings (SSSR count). The van der Waals surface area contributed by atoms with Crippen LogP contribution in [0.5, 0.6) is 5.75 Å². The van der Waals surface area contributed by atoms with Gasteiger partial charge in [-0.05, 0) is 49.1 Å². The van der Waals surface area contributed by atoms with Crippen LogP contribution in [0.4, 0.5) is 0 Å². The fraction of sp³-hybridized carbons (Fsp3) is 0.423. The molecule has 0 spiro atoms. The number of ether oxygens (including phenoxy) is 1. The van der Waals surface area contributed by atoms with E-state index in [1.807, 2.05) is 24.3 Å². The van der Waals surface area contributed by atoms with Crippen molar-refractivity contribution in [3.8, 4) is 5.75 Å². The van der Waals surface area contributed by atoms with Crippen molar-refractivity contribution in [3.05, 3.63) is 71.9 Å². The first-order valence-corrected chi connectivity index (χ1v) is 11.3. The predicted molar refractivity (Wildman–Crippen MR) is 126 cm³/mol. The molecule has 1 fully saturated rings. The minimum atomic E-state index is -0.532. The summed E-state index contributed by atoms with van der Waals surface area (Å²) < 4.78 is 5.43. The molecule has 5 nitrogen and oxygen atoms in total. The van der Waals surface area contributed by atoms with E-state index in [-0.39, 0.29) is 0 Å². The van der Waals surface area contributed by atoms with Gasteiger partial charge in [-0.2, -0.15) is 0 Å². The summed E-state index contributed by atoms with van der Waals surface area (Å²) in [6.07, 6.45) is 4.87. The molecule has 1 saturated heterocycles. The van der Waals surface area contributed by atoms with Crippen molar-refractivity contribution in [1.82, 2.24) is 14.8 Å². The highest BCUT2D eigenvalue weighted by Gasteiger charge is 2.21. The second-order valence-corrected chi connectivity index (χ2v) is 8.36. The maximum absolute atomic E-state index is 11.0. The van der Waals surface area contributed by atoms with Crippen LogP contribution in [0.15, 0.2) is 60.8 Å². The SMILES string of the molecule is COc1cccc2c([C@@H](O)CN3CCN(CCCCc4ccccc4)CC3)ccnc12. The molecule has 0 radical (unpaired) electrons. The number of hydrogen-bond donors (Lipinski definition) is 1. The lowest BCUT2D eigenvalue weighted by Crippen LogP contribution is -2.47. The number of aliphatic hydroxyl groups excluding tert-OH is 1. The molecule has 164 valence electrons. The number of unbranched alkanes of at least 4 members (excludes halogenated alkanes) is 1.